The molecule has 0 radical (unpaired) electrons. The van der Waals surface area contributed by atoms with E-state index in [9.17, 15) is 19.2 Å². The van der Waals surface area contributed by atoms with Crippen LogP contribution in [0.2, 0.25) is 0 Å². The highest BCUT2D eigenvalue weighted by Crippen LogP contribution is 2.23. The molecule has 0 bridgehead atoms. The van der Waals surface area contributed by atoms with Crippen molar-refractivity contribution >= 4 is 23.6 Å². The molecule has 17 heavy (non-hydrogen) atoms. The number of hydrogen-bond acceptors (Lipinski definition) is 4. The zero-order chi connectivity index (χ0) is 12.6. The van der Waals surface area contributed by atoms with Crippen molar-refractivity contribution in [2.75, 3.05) is 0 Å². The molecule has 2 fully saturated rings. The number of carbonyl (C=O) groups is 4. The molecule has 0 aromatic carbocycles. The molecule has 6 heteroatoms. The van der Waals surface area contributed by atoms with Crippen LogP contribution in [-0.2, 0) is 19.2 Å². The highest BCUT2D eigenvalue weighted by atomic mass is 16.2. The van der Waals surface area contributed by atoms with Gasteiger partial charge in [0, 0.05) is 25.7 Å². The zero-order valence-corrected chi connectivity index (χ0v) is 9.22. The van der Waals surface area contributed by atoms with Crippen LogP contribution >= 0.6 is 0 Å². The fourth-order valence-corrected chi connectivity index (χ4v) is 2.10. The number of amides is 4. The van der Waals surface area contributed by atoms with Crippen molar-refractivity contribution in [3.8, 4) is 0 Å². The highest BCUT2D eigenvalue weighted by Gasteiger charge is 2.42. The van der Waals surface area contributed by atoms with Gasteiger partial charge in [-0.1, -0.05) is 6.58 Å². The second kappa shape index (κ2) is 4.12. The second-order valence-electron chi connectivity index (χ2n) is 3.96. The van der Waals surface area contributed by atoms with Crippen LogP contribution in [0.5, 0.6) is 0 Å². The van der Waals surface area contributed by atoms with Gasteiger partial charge in [-0.3, -0.25) is 29.0 Å². The van der Waals surface area contributed by atoms with Crippen LogP contribution in [0.4, 0.5) is 0 Å². The molecule has 0 aromatic rings. The third-order valence-electron chi connectivity index (χ3n) is 2.92. The largest absolute Gasteiger partial charge is 0.274 e. The number of carbonyl (C=O) groups excluding carboxylic acids is 4. The van der Waals surface area contributed by atoms with E-state index in [1.54, 1.807) is 0 Å². The van der Waals surface area contributed by atoms with Crippen LogP contribution in [0.1, 0.15) is 25.7 Å². The first-order valence-corrected chi connectivity index (χ1v) is 5.38. The Labute approximate surface area is 97.9 Å². The van der Waals surface area contributed by atoms with Gasteiger partial charge in [0.1, 0.15) is 6.17 Å². The van der Waals surface area contributed by atoms with Gasteiger partial charge in [-0.25, -0.2) is 0 Å². The van der Waals surface area contributed by atoms with Gasteiger partial charge < -0.3 is 0 Å². The third-order valence-corrected chi connectivity index (χ3v) is 2.92. The summed E-state index contributed by atoms with van der Waals surface area (Å²) < 4.78 is 0. The molecule has 4 amide bonds. The van der Waals surface area contributed by atoms with E-state index in [2.05, 4.69) is 6.58 Å². The lowest BCUT2D eigenvalue weighted by Crippen LogP contribution is -2.51. The molecule has 2 aliphatic rings. The zero-order valence-electron chi connectivity index (χ0n) is 9.22. The second-order valence-corrected chi connectivity index (χ2v) is 3.96. The third kappa shape index (κ3) is 1.75. The molecular weight excluding hydrogens is 224 g/mol. The number of hydrogen-bond donors (Lipinski definition) is 0. The summed E-state index contributed by atoms with van der Waals surface area (Å²) in [5.74, 6) is -1.47. The number of likely N-dealkylation sites (tertiary alicyclic amines) is 2. The summed E-state index contributed by atoms with van der Waals surface area (Å²) >= 11 is 0. The monoisotopic (exact) mass is 236 g/mol. The lowest BCUT2D eigenvalue weighted by Gasteiger charge is -2.30. The lowest BCUT2D eigenvalue weighted by molar-refractivity contribution is -0.151. The number of nitrogens with zero attached hydrogens (tertiary/aromatic N) is 2. The SMILES string of the molecule is C=CC(N1C(=O)CCC1=O)N1C(=O)CCC1=O. The molecule has 0 unspecified atom stereocenters. The minimum Gasteiger partial charge on any atom is -0.274 e. The van der Waals surface area contributed by atoms with Crippen molar-refractivity contribution in [3.63, 3.8) is 0 Å². The summed E-state index contributed by atoms with van der Waals surface area (Å²) in [7, 11) is 0. The van der Waals surface area contributed by atoms with Crippen molar-refractivity contribution in [1.29, 1.82) is 0 Å². The first kappa shape index (κ1) is 11.5. The van der Waals surface area contributed by atoms with Crippen LogP contribution in [0.3, 0.4) is 0 Å². The molecule has 0 saturated carbocycles. The standard InChI is InChI=1S/C11H12N2O4/c1-2-7(12-8(14)3-4-9(12)15)13-10(16)5-6-11(13)17/h2,7H,1,3-6H2. The Morgan fingerprint density at radius 3 is 1.35 bits per heavy atom. The predicted octanol–water partition coefficient (Wildman–Crippen LogP) is -0.204. The Bertz CT molecular complexity index is 361. The van der Waals surface area contributed by atoms with Gasteiger partial charge in [0.25, 0.3) is 0 Å². The van der Waals surface area contributed by atoms with Crippen molar-refractivity contribution in [1.82, 2.24) is 9.80 Å². The Kier molecular flexibility index (Phi) is 2.79. The van der Waals surface area contributed by atoms with Crippen molar-refractivity contribution in [2.24, 2.45) is 0 Å². The van der Waals surface area contributed by atoms with Crippen molar-refractivity contribution < 1.29 is 19.2 Å². The van der Waals surface area contributed by atoms with E-state index < -0.39 is 6.17 Å². The van der Waals surface area contributed by atoms with E-state index in [0.717, 1.165) is 9.80 Å². The van der Waals surface area contributed by atoms with E-state index in [0.29, 0.717) is 0 Å². The van der Waals surface area contributed by atoms with E-state index in [-0.39, 0.29) is 49.3 Å². The van der Waals surface area contributed by atoms with Gasteiger partial charge in [-0.15, -0.1) is 0 Å². The Hall–Kier alpha value is -1.98. The average molecular weight is 236 g/mol. The van der Waals surface area contributed by atoms with Gasteiger partial charge in [0.05, 0.1) is 0 Å². The maximum Gasteiger partial charge on any atom is 0.231 e. The fourth-order valence-electron chi connectivity index (χ4n) is 2.10. The molecule has 2 aliphatic heterocycles. The Balaban J connectivity index is 2.30. The summed E-state index contributed by atoms with van der Waals surface area (Å²) in [6, 6.07) is 0. The summed E-state index contributed by atoms with van der Waals surface area (Å²) in [5.41, 5.74) is 0. The van der Waals surface area contributed by atoms with Gasteiger partial charge in [-0.05, 0) is 6.08 Å². The topological polar surface area (TPSA) is 74.8 Å². The Morgan fingerprint density at radius 2 is 1.12 bits per heavy atom. The molecule has 0 aliphatic carbocycles. The van der Waals surface area contributed by atoms with Crippen molar-refractivity contribution in [2.45, 2.75) is 31.8 Å². The van der Waals surface area contributed by atoms with E-state index in [1.165, 1.54) is 6.08 Å². The summed E-state index contributed by atoms with van der Waals surface area (Å²) in [4.78, 5) is 48.2. The first-order chi connectivity index (χ1) is 8.06. The molecule has 0 N–H and O–H groups in total. The van der Waals surface area contributed by atoms with E-state index >= 15 is 0 Å². The van der Waals surface area contributed by atoms with E-state index in [4.69, 9.17) is 0 Å². The molecule has 2 heterocycles. The summed E-state index contributed by atoms with van der Waals surface area (Å²) in [6.07, 6.45) is 0.819. The molecule has 2 saturated heterocycles. The molecule has 0 atom stereocenters. The maximum absolute atomic E-state index is 11.6. The van der Waals surface area contributed by atoms with Gasteiger partial charge in [0.15, 0.2) is 0 Å². The Morgan fingerprint density at radius 1 is 0.824 bits per heavy atom. The normalized spacial score (nSPS) is 21.0. The molecule has 0 aromatic heterocycles. The maximum atomic E-state index is 11.6. The molecule has 0 spiro atoms. The molecule has 2 rings (SSSR count). The predicted molar refractivity (Wildman–Crippen MR) is 56.2 cm³/mol. The first-order valence-electron chi connectivity index (χ1n) is 5.38. The lowest BCUT2D eigenvalue weighted by atomic mass is 10.3. The minimum atomic E-state index is -0.958. The number of imide groups is 2. The average Bonchev–Trinajstić information content (AvgIpc) is 2.78. The minimum absolute atomic E-state index is 0.124. The van der Waals surface area contributed by atoms with Gasteiger partial charge in [0.2, 0.25) is 23.6 Å². The van der Waals surface area contributed by atoms with Crippen molar-refractivity contribution in [3.05, 3.63) is 12.7 Å². The number of rotatable bonds is 3. The summed E-state index contributed by atoms with van der Waals surface area (Å²) in [5, 5.41) is 0. The molecular formula is C11H12N2O4. The molecule has 6 nitrogen and oxygen atoms in total. The van der Waals surface area contributed by atoms with Gasteiger partial charge >= 0.3 is 0 Å². The van der Waals surface area contributed by atoms with Gasteiger partial charge in [-0.2, -0.15) is 0 Å². The van der Waals surface area contributed by atoms with Crippen LogP contribution in [0.25, 0.3) is 0 Å². The van der Waals surface area contributed by atoms with Crippen LogP contribution in [0.15, 0.2) is 12.7 Å². The fraction of sp³-hybridized carbons (Fsp3) is 0.455. The quantitative estimate of drug-likeness (QED) is 0.502. The van der Waals surface area contributed by atoms with Crippen LogP contribution in [0, 0.1) is 0 Å². The van der Waals surface area contributed by atoms with Crippen LogP contribution in [-0.4, -0.2) is 39.6 Å². The molecule has 90 valence electrons. The van der Waals surface area contributed by atoms with E-state index in [1.807, 2.05) is 0 Å². The highest BCUT2D eigenvalue weighted by molar-refractivity contribution is 6.06. The smallest absolute Gasteiger partial charge is 0.231 e. The summed E-state index contributed by atoms with van der Waals surface area (Å²) in [6.45, 7) is 3.50. The van der Waals surface area contributed by atoms with Crippen LogP contribution < -0.4 is 0 Å².